The van der Waals surface area contributed by atoms with Crippen LogP contribution < -0.4 is 16.4 Å². The minimum Gasteiger partial charge on any atom is -0.439 e. The van der Waals surface area contributed by atoms with Crippen molar-refractivity contribution in [2.24, 2.45) is 17.6 Å². The Kier molecular flexibility index (Phi) is 14.6. The smallest absolute Gasteiger partial charge is 0.405 e. The lowest BCUT2D eigenvalue weighted by molar-refractivity contribution is -0.120. The highest BCUT2D eigenvalue weighted by Gasteiger charge is 2.34. The molecule has 2 amide bonds. The molecule has 0 saturated heterocycles. The van der Waals surface area contributed by atoms with Crippen LogP contribution in [0.3, 0.4) is 0 Å². The second kappa shape index (κ2) is 17.6. The molecule has 1 heterocycles. The normalized spacial score (nSPS) is 30.8. The number of nitrogens with two attached hydrogens (primary N) is 1. The van der Waals surface area contributed by atoms with Crippen LogP contribution in [0.1, 0.15) is 33.6 Å². The van der Waals surface area contributed by atoms with Crippen molar-refractivity contribution in [3.63, 3.8) is 0 Å². The van der Waals surface area contributed by atoms with Gasteiger partial charge in [0.15, 0.2) is 6.10 Å². The summed E-state index contributed by atoms with van der Waals surface area (Å²) in [5.41, 5.74) is 5.91. The Morgan fingerprint density at radius 2 is 1.86 bits per heavy atom. The summed E-state index contributed by atoms with van der Waals surface area (Å²) in [6.45, 7) is 5.13. The highest BCUT2D eigenvalue weighted by Crippen LogP contribution is 2.28. The molecular formula is C31H45N3O10. The molecule has 2 bridgehead atoms. The molecule has 1 aliphatic carbocycles. The number of nitrogens with one attached hydrogen (secondary N) is 2. The maximum Gasteiger partial charge on any atom is 0.405 e. The minimum absolute atomic E-state index is 0.127. The SMILES string of the molecule is COCCNC1=C2C[C@@H](C)C[C@H](OC)[C@H](O)[C@@H](C)/C=C(\CO)[C@H](OC(N)=O)[C@@H](OC)/C=C\C=C(/C)C(=O)NC(=CC1=O)C2=O. The first-order valence-electron chi connectivity index (χ1n) is 14.3. The summed E-state index contributed by atoms with van der Waals surface area (Å²) < 4.78 is 21.5. The van der Waals surface area contributed by atoms with E-state index >= 15 is 0 Å². The van der Waals surface area contributed by atoms with Gasteiger partial charge in [-0.1, -0.05) is 38.2 Å². The predicted octanol–water partition coefficient (Wildman–Crippen LogP) is 0.970. The molecule has 0 aromatic rings. The molecule has 0 unspecified atom stereocenters. The first kappa shape index (κ1) is 36.6. The third kappa shape index (κ3) is 9.96. The summed E-state index contributed by atoms with van der Waals surface area (Å²) in [7, 11) is 4.33. The van der Waals surface area contributed by atoms with Crippen LogP contribution in [0, 0.1) is 11.8 Å². The molecular weight excluding hydrogens is 574 g/mol. The van der Waals surface area contributed by atoms with Crippen molar-refractivity contribution in [3.8, 4) is 0 Å². The van der Waals surface area contributed by atoms with Crippen molar-refractivity contribution in [3.05, 3.63) is 58.5 Å². The molecule has 13 nitrogen and oxygen atoms in total. The van der Waals surface area contributed by atoms with Crippen LogP contribution in [-0.2, 0) is 33.3 Å². The average molecular weight is 620 g/mol. The Bertz CT molecular complexity index is 1220. The van der Waals surface area contributed by atoms with E-state index in [-0.39, 0.29) is 47.0 Å². The number of rotatable bonds is 8. The van der Waals surface area contributed by atoms with Gasteiger partial charge in [0.05, 0.1) is 36.8 Å². The Morgan fingerprint density at radius 1 is 1.16 bits per heavy atom. The number of amides is 2. The van der Waals surface area contributed by atoms with E-state index in [1.54, 1.807) is 13.0 Å². The van der Waals surface area contributed by atoms with Gasteiger partial charge in [-0.2, -0.15) is 0 Å². The van der Waals surface area contributed by atoms with Gasteiger partial charge in [0, 0.05) is 51.0 Å². The lowest BCUT2D eigenvalue weighted by Crippen LogP contribution is -2.38. The topological polar surface area (TPSA) is 196 Å². The van der Waals surface area contributed by atoms with Crippen molar-refractivity contribution in [2.45, 2.75) is 58.0 Å². The monoisotopic (exact) mass is 619 g/mol. The third-order valence-corrected chi connectivity index (χ3v) is 7.45. The number of allylic oxidation sites excluding steroid dienone is 4. The summed E-state index contributed by atoms with van der Waals surface area (Å²) >= 11 is 0. The fourth-order valence-electron chi connectivity index (χ4n) is 5.06. The molecule has 6 N–H and O–H groups in total. The van der Waals surface area contributed by atoms with Gasteiger partial charge in [-0.15, -0.1) is 0 Å². The van der Waals surface area contributed by atoms with E-state index in [4.69, 9.17) is 24.7 Å². The van der Waals surface area contributed by atoms with E-state index in [2.05, 4.69) is 10.6 Å². The second-order valence-corrected chi connectivity index (χ2v) is 10.8. The van der Waals surface area contributed by atoms with Gasteiger partial charge < -0.3 is 45.5 Å². The Labute approximate surface area is 257 Å². The second-order valence-electron chi connectivity index (χ2n) is 10.8. The van der Waals surface area contributed by atoms with Gasteiger partial charge in [0.1, 0.15) is 6.10 Å². The molecule has 44 heavy (non-hydrogen) atoms. The average Bonchev–Trinajstić information content (AvgIpc) is 2.98. The molecule has 0 radical (unpaired) electrons. The minimum atomic E-state index is -1.15. The maximum absolute atomic E-state index is 13.6. The highest BCUT2D eigenvalue weighted by atomic mass is 16.6. The number of ketones is 2. The zero-order chi connectivity index (χ0) is 33.0. The lowest BCUT2D eigenvalue weighted by Gasteiger charge is -2.30. The summed E-state index contributed by atoms with van der Waals surface area (Å²) in [5, 5.41) is 27.0. The number of hydrogen-bond donors (Lipinski definition) is 5. The molecule has 2 aliphatic rings. The van der Waals surface area contributed by atoms with E-state index in [9.17, 15) is 29.4 Å². The van der Waals surface area contributed by atoms with Gasteiger partial charge >= 0.3 is 6.09 Å². The summed E-state index contributed by atoms with van der Waals surface area (Å²) in [4.78, 5) is 51.5. The van der Waals surface area contributed by atoms with E-state index < -0.39 is 60.5 Å². The molecule has 0 spiro atoms. The van der Waals surface area contributed by atoms with Crippen LogP contribution in [0.15, 0.2) is 58.5 Å². The largest absolute Gasteiger partial charge is 0.439 e. The number of carbonyl (C=O) groups is 4. The maximum atomic E-state index is 13.6. The molecule has 0 aromatic carbocycles. The summed E-state index contributed by atoms with van der Waals surface area (Å²) in [5.74, 6) is -2.45. The number of Topliss-reactive ketones (excluding diaryl/α,β-unsaturated/α-hetero) is 1. The number of fused-ring (bicyclic) bond motifs is 2. The number of hydrogen-bond acceptors (Lipinski definition) is 11. The Morgan fingerprint density at radius 3 is 2.45 bits per heavy atom. The molecule has 1 aliphatic heterocycles. The van der Waals surface area contributed by atoms with Crippen LogP contribution in [0.25, 0.3) is 0 Å². The van der Waals surface area contributed by atoms with Crippen molar-refractivity contribution in [1.82, 2.24) is 10.6 Å². The predicted molar refractivity (Wildman–Crippen MR) is 161 cm³/mol. The van der Waals surface area contributed by atoms with Crippen LogP contribution in [0.2, 0.25) is 0 Å². The van der Waals surface area contributed by atoms with Crippen LogP contribution in [0.4, 0.5) is 4.79 Å². The van der Waals surface area contributed by atoms with Gasteiger partial charge in [-0.05, 0) is 31.3 Å². The number of aliphatic hydroxyl groups is 2. The number of methoxy groups -OCH3 is 3. The highest BCUT2D eigenvalue weighted by molar-refractivity contribution is 6.23. The van der Waals surface area contributed by atoms with Gasteiger partial charge in [0.25, 0.3) is 5.91 Å². The Hall–Kier alpha value is -3.62. The first-order chi connectivity index (χ1) is 20.9. The van der Waals surface area contributed by atoms with Crippen molar-refractivity contribution in [1.29, 1.82) is 0 Å². The summed E-state index contributed by atoms with van der Waals surface area (Å²) in [6, 6.07) is 0. The number of carbonyl (C=O) groups excluding carboxylic acids is 4. The zero-order valence-electron chi connectivity index (χ0n) is 26.1. The van der Waals surface area contributed by atoms with E-state index in [0.29, 0.717) is 13.0 Å². The van der Waals surface area contributed by atoms with Crippen LogP contribution in [-0.4, -0.2) is 99.3 Å². The van der Waals surface area contributed by atoms with Crippen molar-refractivity contribution < 1.29 is 48.3 Å². The van der Waals surface area contributed by atoms with Crippen molar-refractivity contribution >= 4 is 23.6 Å². The molecule has 6 atom stereocenters. The number of aliphatic hydroxyl groups excluding tert-OH is 2. The molecule has 13 heteroatoms. The van der Waals surface area contributed by atoms with Gasteiger partial charge in [-0.3, -0.25) is 14.4 Å². The quantitative estimate of drug-likeness (QED) is 0.148. The molecule has 0 saturated carbocycles. The standard InChI is InChI=1S/C31H45N3O10/c1-17-12-21-26(33-10-11-41-4)23(36)15-22(28(21)38)34-30(39)18(2)8-7-9-24(42-5)29(44-31(32)40)20(16-35)14-19(3)27(37)25(13-17)43-6/h7-9,14-15,17,19,24-25,27,29,33,35,37H,10-13,16H2,1-6H3,(H2,32,40)(H,34,39)/b9-7-,18-8+,20-14+/t17-,19+,24+,25+,27-,29+/m1/s1. The fraction of sp³-hybridized carbons (Fsp3) is 0.548. The molecule has 0 aromatic heterocycles. The third-order valence-electron chi connectivity index (χ3n) is 7.45. The number of ether oxygens (including phenoxy) is 4. The van der Waals surface area contributed by atoms with E-state index in [1.165, 1.54) is 46.5 Å². The Balaban J connectivity index is 2.64. The summed E-state index contributed by atoms with van der Waals surface area (Å²) in [6.07, 6.45) is 2.54. The van der Waals surface area contributed by atoms with Crippen LogP contribution in [0.5, 0.6) is 0 Å². The molecule has 244 valence electrons. The van der Waals surface area contributed by atoms with E-state index in [0.717, 1.165) is 6.08 Å². The molecule has 0 fully saturated rings. The first-order valence-corrected chi connectivity index (χ1v) is 14.3. The van der Waals surface area contributed by atoms with Crippen LogP contribution >= 0.6 is 0 Å². The zero-order valence-corrected chi connectivity index (χ0v) is 26.1. The van der Waals surface area contributed by atoms with E-state index in [1.807, 2.05) is 6.92 Å². The molecule has 2 rings (SSSR count). The van der Waals surface area contributed by atoms with Gasteiger partial charge in [0.2, 0.25) is 11.6 Å². The van der Waals surface area contributed by atoms with Gasteiger partial charge in [-0.25, -0.2) is 4.79 Å². The number of primary amides is 1. The van der Waals surface area contributed by atoms with Crippen molar-refractivity contribution in [2.75, 3.05) is 41.1 Å². The fourth-order valence-corrected chi connectivity index (χ4v) is 5.06. The lowest BCUT2D eigenvalue weighted by atomic mass is 9.85.